The summed E-state index contributed by atoms with van der Waals surface area (Å²) in [7, 11) is 0. The number of aliphatic hydroxyl groups excluding tert-OH is 4. The molecule has 17 heteroatoms. The second-order valence-corrected chi connectivity index (χ2v) is 10.4. The van der Waals surface area contributed by atoms with Crippen molar-refractivity contribution >= 4 is 5.91 Å². The number of nitrogens with zero attached hydrogens (tertiary/aromatic N) is 2. The number of amides is 1. The zero-order chi connectivity index (χ0) is 29.1. The molecule has 1 amide bonds. The summed E-state index contributed by atoms with van der Waals surface area (Å²) in [5.74, 6) is -0.686. The van der Waals surface area contributed by atoms with Crippen molar-refractivity contribution in [2.45, 2.75) is 79.3 Å². The van der Waals surface area contributed by atoms with E-state index in [1.807, 2.05) is 0 Å². The topological polar surface area (TPSA) is 190 Å². The van der Waals surface area contributed by atoms with Gasteiger partial charge in [-0.05, 0) is 12.1 Å². The Morgan fingerprint density at radius 1 is 0.902 bits per heavy atom. The van der Waals surface area contributed by atoms with E-state index >= 15 is 0 Å². The smallest absolute Gasteiger partial charge is 0.387 e. The lowest BCUT2D eigenvalue weighted by Crippen LogP contribution is -2.57. The van der Waals surface area contributed by atoms with E-state index in [1.54, 1.807) is 0 Å². The van der Waals surface area contributed by atoms with Crippen molar-refractivity contribution in [3.8, 4) is 0 Å². The van der Waals surface area contributed by atoms with Crippen LogP contribution in [0.3, 0.4) is 0 Å². The van der Waals surface area contributed by atoms with Crippen molar-refractivity contribution in [1.82, 2.24) is 5.32 Å². The predicted molar refractivity (Wildman–Crippen MR) is 123 cm³/mol. The van der Waals surface area contributed by atoms with Gasteiger partial charge in [0.05, 0.1) is 32.5 Å². The number of hydrogen-bond acceptors (Lipinski definition) is 13. The third-order valence-electron chi connectivity index (χ3n) is 7.69. The van der Waals surface area contributed by atoms with Gasteiger partial charge in [0.15, 0.2) is 12.6 Å². The standard InChI is InChI=1S/C24H28F3N3O11/c25-24(26,27)23(29-30-23)10-3-1-9(2-4-10)20(35)28-11(5-36-18-12-7-38-21(40-12)16(33)14(18)31)6-37-19-13-8-39-22(41-13)17(34)15(19)32/h1-4,11-19,21-22,31-34H,5-8H2,(H,28,35)/t11?,12-,13+,14-,15-,16+,17+,18-,19-,21-,22+/m1/s1. The Morgan fingerprint density at radius 3 is 1.83 bits per heavy atom. The maximum atomic E-state index is 13.3. The molecule has 5 aliphatic heterocycles. The molecule has 0 aliphatic carbocycles. The summed E-state index contributed by atoms with van der Waals surface area (Å²) >= 11 is 0. The molecule has 6 rings (SSSR count). The number of rotatable bonds is 9. The summed E-state index contributed by atoms with van der Waals surface area (Å²) in [6.07, 6.45) is -15.5. The molecule has 5 aliphatic rings. The molecule has 11 atom stereocenters. The molecule has 226 valence electrons. The number of carbonyl (C=O) groups is 1. The summed E-state index contributed by atoms with van der Waals surface area (Å²) in [6.45, 7) is -0.414. The minimum absolute atomic E-state index is 0.0173. The van der Waals surface area contributed by atoms with Crippen LogP contribution in [0.15, 0.2) is 34.5 Å². The van der Waals surface area contributed by atoms with Crippen LogP contribution in [0.25, 0.3) is 0 Å². The Bertz CT molecular complexity index is 1110. The Balaban J connectivity index is 1.14. The van der Waals surface area contributed by atoms with Gasteiger partial charge >= 0.3 is 11.8 Å². The minimum atomic E-state index is -4.72. The highest BCUT2D eigenvalue weighted by Crippen LogP contribution is 2.52. The lowest BCUT2D eigenvalue weighted by atomic mass is 10.0. The van der Waals surface area contributed by atoms with E-state index in [1.165, 1.54) is 12.1 Å². The Morgan fingerprint density at radius 2 is 1.39 bits per heavy atom. The number of hydrogen-bond donors (Lipinski definition) is 5. The second kappa shape index (κ2) is 10.7. The number of aliphatic hydroxyl groups is 4. The SMILES string of the molecule is O=C(NC(CO[C@H]1[C@H](O)[C@H](O)[C@H]2OC[C@@H]1O2)CO[C@H]1[C@H](O)[C@H](O)[C@@H]2OC[C@H]1O2)c1ccc(C2(C(F)(F)F)N=N2)cc1. The quantitative estimate of drug-likeness (QED) is 0.229. The van der Waals surface area contributed by atoms with Crippen LogP contribution in [0.1, 0.15) is 15.9 Å². The van der Waals surface area contributed by atoms with E-state index in [0.717, 1.165) is 12.1 Å². The van der Waals surface area contributed by atoms with Crippen LogP contribution in [0.2, 0.25) is 0 Å². The van der Waals surface area contributed by atoms with Crippen molar-refractivity contribution in [1.29, 1.82) is 0 Å². The Hall–Kier alpha value is -2.32. The molecule has 0 radical (unpaired) electrons. The monoisotopic (exact) mass is 591 g/mol. The van der Waals surface area contributed by atoms with Crippen molar-refractivity contribution in [2.24, 2.45) is 10.2 Å². The summed E-state index contributed by atoms with van der Waals surface area (Å²) in [5, 5.41) is 50.3. The van der Waals surface area contributed by atoms with Crippen LogP contribution in [0.4, 0.5) is 13.2 Å². The fourth-order valence-electron chi connectivity index (χ4n) is 5.30. The van der Waals surface area contributed by atoms with Gasteiger partial charge in [0.25, 0.3) is 5.91 Å². The van der Waals surface area contributed by atoms with E-state index in [4.69, 9.17) is 28.4 Å². The summed E-state index contributed by atoms with van der Waals surface area (Å²) in [6, 6.07) is 3.65. The number of halogens is 3. The average Bonchev–Trinajstić information content (AvgIpc) is 3.47. The molecule has 0 spiro atoms. The largest absolute Gasteiger partial charge is 0.442 e. The zero-order valence-corrected chi connectivity index (χ0v) is 21.2. The molecule has 41 heavy (non-hydrogen) atoms. The minimum Gasteiger partial charge on any atom is -0.387 e. The number of alkyl halides is 3. The molecule has 1 aromatic carbocycles. The molecule has 4 fully saturated rings. The highest BCUT2D eigenvalue weighted by atomic mass is 19.4. The highest BCUT2D eigenvalue weighted by molar-refractivity contribution is 5.94. The van der Waals surface area contributed by atoms with Crippen molar-refractivity contribution in [3.63, 3.8) is 0 Å². The molecular formula is C24H28F3N3O11. The van der Waals surface area contributed by atoms with E-state index in [9.17, 15) is 38.4 Å². The van der Waals surface area contributed by atoms with Gasteiger partial charge < -0.3 is 54.2 Å². The van der Waals surface area contributed by atoms with E-state index in [-0.39, 0.29) is 37.6 Å². The second-order valence-electron chi connectivity index (χ2n) is 10.4. The third-order valence-corrected chi connectivity index (χ3v) is 7.69. The average molecular weight is 591 g/mol. The third kappa shape index (κ3) is 5.24. The van der Waals surface area contributed by atoms with Crippen molar-refractivity contribution in [2.75, 3.05) is 26.4 Å². The van der Waals surface area contributed by atoms with Gasteiger partial charge in [0.2, 0.25) is 0 Å². The number of ether oxygens (including phenoxy) is 6. The van der Waals surface area contributed by atoms with Gasteiger partial charge in [-0.15, -0.1) is 10.2 Å². The van der Waals surface area contributed by atoms with Crippen molar-refractivity contribution in [3.05, 3.63) is 35.4 Å². The number of benzene rings is 1. The zero-order valence-electron chi connectivity index (χ0n) is 21.2. The number of nitrogens with one attached hydrogen (secondary N) is 1. The van der Waals surface area contributed by atoms with E-state index in [0.29, 0.717) is 0 Å². The lowest BCUT2D eigenvalue weighted by Gasteiger charge is -2.37. The number of fused-ring (bicyclic) bond motifs is 4. The van der Waals surface area contributed by atoms with Gasteiger partial charge in [-0.1, -0.05) is 12.1 Å². The molecule has 14 nitrogen and oxygen atoms in total. The van der Waals surface area contributed by atoms with E-state index < -0.39 is 85.2 Å². The molecule has 4 saturated heterocycles. The first kappa shape index (κ1) is 28.8. The lowest BCUT2D eigenvalue weighted by molar-refractivity contribution is -0.245. The van der Waals surface area contributed by atoms with Crippen LogP contribution in [0.5, 0.6) is 0 Å². The first-order valence-corrected chi connectivity index (χ1v) is 12.9. The molecule has 0 saturated carbocycles. The van der Waals surface area contributed by atoms with Crippen LogP contribution >= 0.6 is 0 Å². The molecule has 5 heterocycles. The first-order valence-electron chi connectivity index (χ1n) is 12.9. The molecule has 0 aromatic heterocycles. The van der Waals surface area contributed by atoms with Crippen LogP contribution in [-0.2, 0) is 34.1 Å². The van der Waals surface area contributed by atoms with Crippen LogP contribution in [-0.4, -0.2) is 126 Å². The van der Waals surface area contributed by atoms with Gasteiger partial charge in [-0.3, -0.25) is 4.79 Å². The Labute approximate surface area is 229 Å². The summed E-state index contributed by atoms with van der Waals surface area (Å²) in [4.78, 5) is 13.1. The molecule has 5 N–H and O–H groups in total. The maximum Gasteiger partial charge on any atom is 0.442 e. The van der Waals surface area contributed by atoms with Gasteiger partial charge in [-0.2, -0.15) is 13.2 Å². The highest BCUT2D eigenvalue weighted by Gasteiger charge is 2.65. The van der Waals surface area contributed by atoms with Crippen molar-refractivity contribution < 1.29 is 66.8 Å². The first-order chi connectivity index (χ1) is 19.5. The van der Waals surface area contributed by atoms with Gasteiger partial charge in [0, 0.05) is 11.1 Å². The fourth-order valence-corrected chi connectivity index (χ4v) is 5.30. The fraction of sp³-hybridized carbons (Fsp3) is 0.708. The molecule has 1 unspecified atom stereocenters. The summed E-state index contributed by atoms with van der Waals surface area (Å²) in [5.41, 5.74) is -2.85. The Kier molecular flexibility index (Phi) is 7.55. The van der Waals surface area contributed by atoms with Crippen LogP contribution < -0.4 is 5.32 Å². The maximum absolute atomic E-state index is 13.3. The summed E-state index contributed by atoms with van der Waals surface area (Å²) < 4.78 is 73.1. The van der Waals surface area contributed by atoms with Gasteiger partial charge in [-0.25, -0.2) is 0 Å². The van der Waals surface area contributed by atoms with Gasteiger partial charge in [0.1, 0.15) is 48.8 Å². The normalized spacial score (nSPS) is 39.5. The molecular weight excluding hydrogens is 563 g/mol. The molecule has 4 bridgehead atoms. The van der Waals surface area contributed by atoms with Crippen LogP contribution in [0, 0.1) is 0 Å². The predicted octanol–water partition coefficient (Wildman–Crippen LogP) is -1.31. The molecule has 1 aromatic rings. The number of carbonyl (C=O) groups excluding carboxylic acids is 1. The van der Waals surface area contributed by atoms with E-state index in [2.05, 4.69) is 15.5 Å².